The second-order valence-electron chi connectivity index (χ2n) is 6.63. The first-order chi connectivity index (χ1) is 12.2. The molecule has 1 fully saturated rings. The Bertz CT molecular complexity index is 721. The number of para-hydroxylation sites is 1. The van der Waals surface area contributed by atoms with Crippen LogP contribution in [0.4, 0.5) is 0 Å². The molecule has 2 aromatic rings. The topological polar surface area (TPSA) is 32.8 Å². The van der Waals surface area contributed by atoms with Gasteiger partial charge in [-0.05, 0) is 18.6 Å². The number of carbonyl (C=O) groups excluding carboxylic acids is 1. The fraction of sp³-hybridized carbons (Fsp3) is 0.381. The lowest BCUT2D eigenvalue weighted by molar-refractivity contribution is -0.132. The molecule has 0 N–H and O–H groups in total. The van der Waals surface area contributed by atoms with Gasteiger partial charge in [-0.1, -0.05) is 48.0 Å². The SMILES string of the molecule is COc1ccccc1CN1CCN(C(=O)Cc2cccc(C)c2)CC1. The zero-order chi connectivity index (χ0) is 17.6. The molecule has 1 heterocycles. The predicted molar refractivity (Wildman–Crippen MR) is 99.7 cm³/mol. The molecule has 0 saturated carbocycles. The molecule has 25 heavy (non-hydrogen) atoms. The number of aryl methyl sites for hydroxylation is 1. The molecule has 0 atom stereocenters. The van der Waals surface area contributed by atoms with Crippen molar-refractivity contribution < 1.29 is 9.53 Å². The summed E-state index contributed by atoms with van der Waals surface area (Å²) in [7, 11) is 1.71. The number of hydrogen-bond donors (Lipinski definition) is 0. The molecule has 3 rings (SSSR count). The third kappa shape index (κ3) is 4.60. The second kappa shape index (κ2) is 8.17. The van der Waals surface area contributed by atoms with Gasteiger partial charge < -0.3 is 9.64 Å². The maximum absolute atomic E-state index is 12.5. The fourth-order valence-electron chi connectivity index (χ4n) is 3.34. The normalized spacial score (nSPS) is 15.2. The molecule has 0 radical (unpaired) electrons. The predicted octanol–water partition coefficient (Wildman–Crippen LogP) is 2.89. The summed E-state index contributed by atoms with van der Waals surface area (Å²) in [5.41, 5.74) is 3.50. The fourth-order valence-corrected chi connectivity index (χ4v) is 3.34. The molecule has 0 unspecified atom stereocenters. The van der Waals surface area contributed by atoms with Gasteiger partial charge in [0, 0.05) is 38.3 Å². The first-order valence-corrected chi connectivity index (χ1v) is 8.83. The number of rotatable bonds is 5. The van der Waals surface area contributed by atoms with E-state index in [-0.39, 0.29) is 5.91 Å². The minimum atomic E-state index is 0.225. The van der Waals surface area contributed by atoms with Gasteiger partial charge in [0.1, 0.15) is 5.75 Å². The van der Waals surface area contributed by atoms with Crippen LogP contribution in [0.25, 0.3) is 0 Å². The van der Waals surface area contributed by atoms with Crippen LogP contribution in [0.1, 0.15) is 16.7 Å². The van der Waals surface area contributed by atoms with Crippen LogP contribution in [0.2, 0.25) is 0 Å². The van der Waals surface area contributed by atoms with Gasteiger partial charge in [-0.25, -0.2) is 0 Å². The number of carbonyl (C=O) groups is 1. The van der Waals surface area contributed by atoms with E-state index in [1.165, 1.54) is 11.1 Å². The summed E-state index contributed by atoms with van der Waals surface area (Å²) in [5, 5.41) is 0. The van der Waals surface area contributed by atoms with E-state index in [2.05, 4.69) is 30.0 Å². The van der Waals surface area contributed by atoms with Crippen molar-refractivity contribution in [2.45, 2.75) is 19.9 Å². The number of piperazine rings is 1. The van der Waals surface area contributed by atoms with Gasteiger partial charge in [-0.2, -0.15) is 0 Å². The largest absolute Gasteiger partial charge is 0.496 e. The highest BCUT2D eigenvalue weighted by Gasteiger charge is 2.21. The van der Waals surface area contributed by atoms with Crippen molar-refractivity contribution in [2.24, 2.45) is 0 Å². The van der Waals surface area contributed by atoms with E-state index >= 15 is 0 Å². The second-order valence-corrected chi connectivity index (χ2v) is 6.63. The van der Waals surface area contributed by atoms with E-state index in [1.54, 1.807) is 7.11 Å². The van der Waals surface area contributed by atoms with Crippen LogP contribution in [-0.4, -0.2) is 49.0 Å². The lowest BCUT2D eigenvalue weighted by Crippen LogP contribution is -2.48. The van der Waals surface area contributed by atoms with Gasteiger partial charge in [0.15, 0.2) is 0 Å². The molecule has 2 aromatic carbocycles. The molecule has 4 heteroatoms. The molecule has 1 saturated heterocycles. The van der Waals surface area contributed by atoms with Crippen molar-refractivity contribution >= 4 is 5.91 Å². The van der Waals surface area contributed by atoms with Crippen LogP contribution in [-0.2, 0) is 17.8 Å². The van der Waals surface area contributed by atoms with Gasteiger partial charge in [-0.3, -0.25) is 9.69 Å². The quantitative estimate of drug-likeness (QED) is 0.840. The van der Waals surface area contributed by atoms with E-state index < -0.39 is 0 Å². The molecule has 1 aliphatic heterocycles. The molecule has 132 valence electrons. The highest BCUT2D eigenvalue weighted by Crippen LogP contribution is 2.20. The Labute approximate surface area is 150 Å². The monoisotopic (exact) mass is 338 g/mol. The number of nitrogens with zero attached hydrogens (tertiary/aromatic N) is 2. The zero-order valence-electron chi connectivity index (χ0n) is 15.1. The summed E-state index contributed by atoms with van der Waals surface area (Å²) < 4.78 is 5.43. The third-order valence-corrected chi connectivity index (χ3v) is 4.75. The Balaban J connectivity index is 1.52. The van der Waals surface area contributed by atoms with Crippen molar-refractivity contribution in [3.8, 4) is 5.75 Å². The van der Waals surface area contributed by atoms with Crippen molar-refractivity contribution in [1.82, 2.24) is 9.80 Å². The Hall–Kier alpha value is -2.33. The van der Waals surface area contributed by atoms with E-state index in [9.17, 15) is 4.79 Å². The lowest BCUT2D eigenvalue weighted by atomic mass is 10.1. The number of amides is 1. The molecule has 0 aliphatic carbocycles. The summed E-state index contributed by atoms with van der Waals surface area (Å²) in [4.78, 5) is 16.9. The number of hydrogen-bond acceptors (Lipinski definition) is 3. The summed E-state index contributed by atoms with van der Waals surface area (Å²) in [5.74, 6) is 1.16. The number of benzene rings is 2. The van der Waals surface area contributed by atoms with Gasteiger partial charge in [0.2, 0.25) is 5.91 Å². The summed E-state index contributed by atoms with van der Waals surface area (Å²) in [6.07, 6.45) is 0.494. The number of ether oxygens (including phenoxy) is 1. The van der Waals surface area contributed by atoms with E-state index in [0.717, 1.165) is 44.0 Å². The number of methoxy groups -OCH3 is 1. The smallest absolute Gasteiger partial charge is 0.227 e. The first-order valence-electron chi connectivity index (χ1n) is 8.83. The summed E-state index contributed by atoms with van der Waals surface area (Å²) in [6.45, 7) is 6.31. The lowest BCUT2D eigenvalue weighted by Gasteiger charge is -2.35. The molecule has 0 aromatic heterocycles. The van der Waals surface area contributed by atoms with Gasteiger partial charge >= 0.3 is 0 Å². The Morgan fingerprint density at radius 1 is 1.04 bits per heavy atom. The van der Waals surface area contributed by atoms with E-state index in [4.69, 9.17) is 4.74 Å². The average molecular weight is 338 g/mol. The van der Waals surface area contributed by atoms with E-state index in [1.807, 2.05) is 35.2 Å². The highest BCUT2D eigenvalue weighted by molar-refractivity contribution is 5.79. The van der Waals surface area contributed by atoms with Crippen LogP contribution < -0.4 is 4.74 Å². The third-order valence-electron chi connectivity index (χ3n) is 4.75. The van der Waals surface area contributed by atoms with Crippen LogP contribution in [0, 0.1) is 6.92 Å². The maximum Gasteiger partial charge on any atom is 0.227 e. The Morgan fingerprint density at radius 3 is 2.52 bits per heavy atom. The molecule has 0 spiro atoms. The molecular weight excluding hydrogens is 312 g/mol. The van der Waals surface area contributed by atoms with Crippen LogP contribution >= 0.6 is 0 Å². The minimum absolute atomic E-state index is 0.225. The van der Waals surface area contributed by atoms with Crippen molar-refractivity contribution in [2.75, 3.05) is 33.3 Å². The summed E-state index contributed by atoms with van der Waals surface area (Å²) in [6, 6.07) is 16.3. The van der Waals surface area contributed by atoms with Crippen LogP contribution in [0.5, 0.6) is 5.75 Å². The maximum atomic E-state index is 12.5. The molecule has 1 aliphatic rings. The first kappa shape index (κ1) is 17.5. The minimum Gasteiger partial charge on any atom is -0.496 e. The van der Waals surface area contributed by atoms with E-state index in [0.29, 0.717) is 6.42 Å². The van der Waals surface area contributed by atoms with Crippen LogP contribution in [0.3, 0.4) is 0 Å². The Morgan fingerprint density at radius 2 is 1.80 bits per heavy atom. The highest BCUT2D eigenvalue weighted by atomic mass is 16.5. The summed E-state index contributed by atoms with van der Waals surface area (Å²) >= 11 is 0. The average Bonchev–Trinajstić information content (AvgIpc) is 2.63. The van der Waals surface area contributed by atoms with Crippen molar-refractivity contribution in [1.29, 1.82) is 0 Å². The van der Waals surface area contributed by atoms with Gasteiger partial charge in [-0.15, -0.1) is 0 Å². The standard InChI is InChI=1S/C21H26N2O2/c1-17-6-5-7-18(14-17)15-21(24)23-12-10-22(11-13-23)16-19-8-3-4-9-20(19)25-2/h3-9,14H,10-13,15-16H2,1-2H3. The van der Waals surface area contributed by atoms with Gasteiger partial charge in [0.25, 0.3) is 0 Å². The Kier molecular flexibility index (Phi) is 5.71. The van der Waals surface area contributed by atoms with Crippen LogP contribution in [0.15, 0.2) is 48.5 Å². The molecule has 0 bridgehead atoms. The molecule has 1 amide bonds. The van der Waals surface area contributed by atoms with Crippen molar-refractivity contribution in [3.05, 3.63) is 65.2 Å². The van der Waals surface area contributed by atoms with Crippen molar-refractivity contribution in [3.63, 3.8) is 0 Å². The zero-order valence-corrected chi connectivity index (χ0v) is 15.1. The molecule has 4 nitrogen and oxygen atoms in total. The molecular formula is C21H26N2O2. The van der Waals surface area contributed by atoms with Gasteiger partial charge in [0.05, 0.1) is 13.5 Å².